The summed E-state index contributed by atoms with van der Waals surface area (Å²) < 4.78 is 2.19. The van der Waals surface area contributed by atoms with Gasteiger partial charge in [-0.1, -0.05) is 0 Å². The number of benzene rings is 1. The van der Waals surface area contributed by atoms with Crippen LogP contribution in [-0.4, -0.2) is 40.5 Å². The minimum atomic E-state index is -0.377. The number of hydrogen-bond acceptors (Lipinski definition) is 5. The third kappa shape index (κ3) is 2.80. The van der Waals surface area contributed by atoms with Crippen LogP contribution in [0.1, 0.15) is 11.3 Å². The molecule has 1 aliphatic rings. The van der Waals surface area contributed by atoms with Crippen LogP contribution in [0.3, 0.4) is 0 Å². The SMILES string of the molecule is Cc1cc(C)n2c(N3CCNCC3)c(-c3ccc([N+](=O)[O-])cc3)nc2c1. The third-order valence-corrected chi connectivity index (χ3v) is 4.79. The summed E-state index contributed by atoms with van der Waals surface area (Å²) >= 11 is 0. The molecule has 1 fully saturated rings. The number of non-ortho nitro benzene ring substituents is 1. The van der Waals surface area contributed by atoms with E-state index in [1.165, 1.54) is 5.56 Å². The summed E-state index contributed by atoms with van der Waals surface area (Å²) in [7, 11) is 0. The van der Waals surface area contributed by atoms with Crippen molar-refractivity contribution in [2.24, 2.45) is 0 Å². The summed E-state index contributed by atoms with van der Waals surface area (Å²) in [6.07, 6.45) is 0. The Kier molecular flexibility index (Phi) is 4.08. The van der Waals surface area contributed by atoms with Crippen LogP contribution in [0.5, 0.6) is 0 Å². The van der Waals surface area contributed by atoms with Gasteiger partial charge < -0.3 is 10.2 Å². The monoisotopic (exact) mass is 351 g/mol. The van der Waals surface area contributed by atoms with Crippen LogP contribution in [0.4, 0.5) is 11.5 Å². The van der Waals surface area contributed by atoms with Crippen molar-refractivity contribution in [3.63, 3.8) is 0 Å². The van der Waals surface area contributed by atoms with Gasteiger partial charge >= 0.3 is 0 Å². The molecule has 4 rings (SSSR count). The molecule has 1 aromatic carbocycles. The van der Waals surface area contributed by atoms with Gasteiger partial charge in [0.05, 0.1) is 4.92 Å². The Morgan fingerprint density at radius 3 is 2.46 bits per heavy atom. The van der Waals surface area contributed by atoms with Crippen LogP contribution in [0, 0.1) is 24.0 Å². The summed E-state index contributed by atoms with van der Waals surface area (Å²) in [6, 6.07) is 10.9. The van der Waals surface area contributed by atoms with Gasteiger partial charge in [0.15, 0.2) is 0 Å². The molecule has 0 amide bonds. The smallest absolute Gasteiger partial charge is 0.269 e. The number of fused-ring (bicyclic) bond motifs is 1. The highest BCUT2D eigenvalue weighted by molar-refractivity contribution is 5.78. The average Bonchev–Trinajstić information content (AvgIpc) is 3.02. The van der Waals surface area contributed by atoms with Crippen LogP contribution in [0.15, 0.2) is 36.4 Å². The largest absolute Gasteiger partial charge is 0.353 e. The fraction of sp³-hybridized carbons (Fsp3) is 0.316. The molecule has 0 spiro atoms. The van der Waals surface area contributed by atoms with Crippen LogP contribution < -0.4 is 10.2 Å². The van der Waals surface area contributed by atoms with Gasteiger partial charge in [0, 0.05) is 49.6 Å². The summed E-state index contributed by atoms with van der Waals surface area (Å²) in [5, 5.41) is 14.3. The lowest BCUT2D eigenvalue weighted by Crippen LogP contribution is -2.44. The minimum Gasteiger partial charge on any atom is -0.353 e. The highest BCUT2D eigenvalue weighted by Crippen LogP contribution is 2.34. The molecule has 0 radical (unpaired) electrons. The molecule has 7 nitrogen and oxygen atoms in total. The molecular formula is C19H21N5O2. The Bertz CT molecular complexity index is 972. The number of aromatic nitrogens is 2. The van der Waals surface area contributed by atoms with Gasteiger partial charge in [-0.15, -0.1) is 0 Å². The number of imidazole rings is 1. The van der Waals surface area contributed by atoms with E-state index in [-0.39, 0.29) is 10.6 Å². The number of nitro groups is 1. The number of nitro benzene ring substituents is 1. The second-order valence-corrected chi connectivity index (χ2v) is 6.69. The number of aryl methyl sites for hydroxylation is 2. The van der Waals surface area contributed by atoms with Gasteiger partial charge in [-0.2, -0.15) is 0 Å². The number of pyridine rings is 1. The first kappa shape index (κ1) is 16.5. The fourth-order valence-electron chi connectivity index (χ4n) is 3.62. The van der Waals surface area contributed by atoms with E-state index in [0.29, 0.717) is 0 Å². The standard InChI is InChI=1S/C19H21N5O2/c1-13-11-14(2)23-17(12-13)21-18(19(23)22-9-7-20-8-10-22)15-3-5-16(6-4-15)24(25)26/h3-6,11-12,20H,7-10H2,1-2H3. The van der Waals surface area contributed by atoms with Crippen LogP contribution >= 0.6 is 0 Å². The molecule has 1 N–H and O–H groups in total. The van der Waals surface area contributed by atoms with Gasteiger partial charge in [0.1, 0.15) is 17.2 Å². The van der Waals surface area contributed by atoms with Crippen molar-refractivity contribution in [3.05, 3.63) is 57.8 Å². The number of rotatable bonds is 3. The van der Waals surface area contributed by atoms with Crippen molar-refractivity contribution < 1.29 is 4.92 Å². The molecule has 0 atom stereocenters. The zero-order chi connectivity index (χ0) is 18.3. The Morgan fingerprint density at radius 1 is 1.12 bits per heavy atom. The first-order valence-corrected chi connectivity index (χ1v) is 8.75. The normalized spacial score (nSPS) is 14.8. The quantitative estimate of drug-likeness (QED) is 0.580. The maximum atomic E-state index is 11.0. The van der Waals surface area contributed by atoms with Gasteiger partial charge in [-0.05, 0) is 43.7 Å². The van der Waals surface area contributed by atoms with Gasteiger partial charge in [-0.3, -0.25) is 14.5 Å². The molecule has 134 valence electrons. The van der Waals surface area contributed by atoms with Crippen LogP contribution in [0.25, 0.3) is 16.9 Å². The first-order valence-electron chi connectivity index (χ1n) is 8.75. The molecule has 0 bridgehead atoms. The summed E-state index contributed by atoms with van der Waals surface area (Å²) in [4.78, 5) is 17.8. The molecule has 0 aliphatic carbocycles. The van der Waals surface area contributed by atoms with E-state index in [0.717, 1.165) is 54.6 Å². The van der Waals surface area contributed by atoms with E-state index in [9.17, 15) is 10.1 Å². The predicted molar refractivity (Wildman–Crippen MR) is 102 cm³/mol. The number of piperazine rings is 1. The predicted octanol–water partition coefficient (Wildman–Crippen LogP) is 2.94. The number of anilines is 1. The maximum absolute atomic E-state index is 11.0. The molecule has 26 heavy (non-hydrogen) atoms. The van der Waals surface area contributed by atoms with Crippen molar-refractivity contribution in [1.29, 1.82) is 0 Å². The highest BCUT2D eigenvalue weighted by atomic mass is 16.6. The van der Waals surface area contributed by atoms with Gasteiger partial charge in [-0.25, -0.2) is 4.98 Å². The third-order valence-electron chi connectivity index (χ3n) is 4.79. The maximum Gasteiger partial charge on any atom is 0.269 e. The Morgan fingerprint density at radius 2 is 1.81 bits per heavy atom. The van der Waals surface area contributed by atoms with Crippen molar-refractivity contribution in [2.75, 3.05) is 31.1 Å². The Balaban J connectivity index is 1.92. The minimum absolute atomic E-state index is 0.0910. The van der Waals surface area contributed by atoms with Crippen molar-refractivity contribution >= 4 is 17.2 Å². The average molecular weight is 351 g/mol. The van der Waals surface area contributed by atoms with E-state index in [2.05, 4.69) is 40.6 Å². The molecule has 0 unspecified atom stereocenters. The molecule has 1 saturated heterocycles. The van der Waals surface area contributed by atoms with Gasteiger partial charge in [0.2, 0.25) is 0 Å². The summed E-state index contributed by atoms with van der Waals surface area (Å²) in [6.45, 7) is 7.82. The zero-order valence-electron chi connectivity index (χ0n) is 14.9. The molecule has 3 heterocycles. The first-order chi connectivity index (χ1) is 12.5. The summed E-state index contributed by atoms with van der Waals surface area (Å²) in [5.74, 6) is 1.06. The Labute approximate surface area is 151 Å². The molecule has 2 aromatic heterocycles. The zero-order valence-corrected chi connectivity index (χ0v) is 14.9. The molecule has 7 heteroatoms. The number of nitrogens with one attached hydrogen (secondary N) is 1. The lowest BCUT2D eigenvalue weighted by molar-refractivity contribution is -0.384. The molecular weight excluding hydrogens is 330 g/mol. The lowest BCUT2D eigenvalue weighted by atomic mass is 10.1. The van der Waals surface area contributed by atoms with Gasteiger partial charge in [0.25, 0.3) is 5.69 Å². The van der Waals surface area contributed by atoms with Crippen molar-refractivity contribution in [2.45, 2.75) is 13.8 Å². The van der Waals surface area contributed by atoms with Crippen molar-refractivity contribution in [1.82, 2.24) is 14.7 Å². The molecule has 3 aromatic rings. The van der Waals surface area contributed by atoms with E-state index in [1.807, 2.05) is 0 Å². The lowest BCUT2D eigenvalue weighted by Gasteiger charge is -2.30. The topological polar surface area (TPSA) is 75.7 Å². The number of nitrogens with zero attached hydrogens (tertiary/aromatic N) is 4. The molecule has 0 saturated carbocycles. The van der Waals surface area contributed by atoms with Crippen molar-refractivity contribution in [3.8, 4) is 11.3 Å². The number of hydrogen-bond donors (Lipinski definition) is 1. The van der Waals surface area contributed by atoms with Crippen LogP contribution in [-0.2, 0) is 0 Å². The van der Waals surface area contributed by atoms with E-state index in [1.54, 1.807) is 24.3 Å². The van der Waals surface area contributed by atoms with Crippen LogP contribution in [0.2, 0.25) is 0 Å². The highest BCUT2D eigenvalue weighted by Gasteiger charge is 2.23. The second kappa shape index (κ2) is 6.42. The van der Waals surface area contributed by atoms with E-state index < -0.39 is 0 Å². The van der Waals surface area contributed by atoms with E-state index >= 15 is 0 Å². The summed E-state index contributed by atoms with van der Waals surface area (Å²) in [5.41, 5.74) is 5.06. The second-order valence-electron chi connectivity index (χ2n) is 6.69. The fourth-order valence-corrected chi connectivity index (χ4v) is 3.62. The van der Waals surface area contributed by atoms with E-state index in [4.69, 9.17) is 4.98 Å². The molecule has 1 aliphatic heterocycles. The Hall–Kier alpha value is -2.93.